The normalized spacial score (nSPS) is 30.7. The summed E-state index contributed by atoms with van der Waals surface area (Å²) in [5, 5.41) is 0. The van der Waals surface area contributed by atoms with Crippen molar-refractivity contribution in [2.75, 3.05) is 0 Å². The molecule has 1 rings (SSSR count). The number of ketones is 1. The van der Waals surface area contributed by atoms with Crippen LogP contribution in [0.4, 0.5) is 0 Å². The smallest absolute Gasteiger partial charge is 0.132 e. The molecule has 0 aliphatic heterocycles. The summed E-state index contributed by atoms with van der Waals surface area (Å²) in [5.41, 5.74) is 0.393. The Hall–Kier alpha value is -0.330. The van der Waals surface area contributed by atoms with E-state index in [2.05, 4.69) is 20.8 Å². The molecule has 0 bridgehead atoms. The minimum atomic E-state index is 0.370. The molecule has 1 aliphatic rings. The van der Waals surface area contributed by atoms with Crippen molar-refractivity contribution in [3.8, 4) is 0 Å². The van der Waals surface area contributed by atoms with Crippen molar-refractivity contribution < 1.29 is 4.79 Å². The Morgan fingerprint density at radius 1 is 1.25 bits per heavy atom. The van der Waals surface area contributed by atoms with E-state index in [1.807, 2.05) is 0 Å². The van der Waals surface area contributed by atoms with Crippen molar-refractivity contribution in [1.82, 2.24) is 0 Å². The number of hydrogen-bond acceptors (Lipinski definition) is 1. The van der Waals surface area contributed by atoms with E-state index in [-0.39, 0.29) is 0 Å². The van der Waals surface area contributed by atoms with Crippen molar-refractivity contribution in [1.29, 1.82) is 0 Å². The van der Waals surface area contributed by atoms with Crippen molar-refractivity contribution >= 4 is 5.78 Å². The fourth-order valence-corrected chi connectivity index (χ4v) is 2.14. The summed E-state index contributed by atoms with van der Waals surface area (Å²) in [5.74, 6) is 1.52. The zero-order valence-corrected chi connectivity index (χ0v) is 8.68. The second-order valence-corrected chi connectivity index (χ2v) is 5.18. The Balaban J connectivity index is 2.51. The summed E-state index contributed by atoms with van der Waals surface area (Å²) >= 11 is 0. The molecule has 0 spiro atoms. The molecular weight excluding hydrogens is 148 g/mol. The Kier molecular flexibility index (Phi) is 2.60. The largest absolute Gasteiger partial charge is 0.300 e. The van der Waals surface area contributed by atoms with E-state index in [0.29, 0.717) is 17.1 Å². The van der Waals surface area contributed by atoms with Crippen molar-refractivity contribution in [3.63, 3.8) is 0 Å². The molecular formula is C11H20O. The van der Waals surface area contributed by atoms with Gasteiger partial charge in [0.2, 0.25) is 0 Å². The molecule has 2 atom stereocenters. The molecule has 0 heterocycles. The molecule has 0 radical (unpaired) electrons. The molecule has 0 amide bonds. The van der Waals surface area contributed by atoms with Crippen LogP contribution < -0.4 is 0 Å². The summed E-state index contributed by atoms with van der Waals surface area (Å²) in [7, 11) is 0. The molecule has 0 N–H and O–H groups in total. The maximum absolute atomic E-state index is 11.1. The molecule has 1 saturated carbocycles. The zero-order chi connectivity index (χ0) is 9.35. The Morgan fingerprint density at radius 3 is 2.08 bits per heavy atom. The van der Waals surface area contributed by atoms with Gasteiger partial charge in [0.15, 0.2) is 0 Å². The maximum atomic E-state index is 11.1. The highest BCUT2D eigenvalue weighted by Gasteiger charge is 2.34. The molecule has 0 aromatic rings. The number of Topliss-reactive ketones (excluding diaryl/α,β-unsaturated/α-hetero) is 1. The monoisotopic (exact) mass is 168 g/mol. The van der Waals surface area contributed by atoms with Crippen LogP contribution in [0.5, 0.6) is 0 Å². The van der Waals surface area contributed by atoms with E-state index in [1.165, 1.54) is 6.42 Å². The first kappa shape index (κ1) is 9.76. The average molecular weight is 168 g/mol. The van der Waals surface area contributed by atoms with Crippen molar-refractivity contribution in [2.24, 2.45) is 17.3 Å². The number of carbonyl (C=O) groups excluding carboxylic acids is 1. The van der Waals surface area contributed by atoms with Crippen LogP contribution in [0, 0.1) is 17.3 Å². The van der Waals surface area contributed by atoms with E-state index in [9.17, 15) is 4.79 Å². The Morgan fingerprint density at radius 2 is 1.83 bits per heavy atom. The second kappa shape index (κ2) is 3.20. The molecule has 0 saturated heterocycles. The van der Waals surface area contributed by atoms with Gasteiger partial charge in [0.1, 0.15) is 5.78 Å². The summed E-state index contributed by atoms with van der Waals surface area (Å²) in [6.45, 7) is 8.57. The quantitative estimate of drug-likeness (QED) is 0.588. The van der Waals surface area contributed by atoms with Gasteiger partial charge in [-0.15, -0.1) is 0 Å². The van der Waals surface area contributed by atoms with Gasteiger partial charge in [-0.25, -0.2) is 0 Å². The van der Waals surface area contributed by atoms with E-state index in [0.717, 1.165) is 18.8 Å². The highest BCUT2D eigenvalue weighted by molar-refractivity contribution is 5.78. The van der Waals surface area contributed by atoms with Crippen LogP contribution >= 0.6 is 0 Å². The van der Waals surface area contributed by atoms with Crippen LogP contribution in [0.2, 0.25) is 0 Å². The lowest BCUT2D eigenvalue weighted by Gasteiger charge is -2.26. The van der Waals surface area contributed by atoms with E-state index in [1.54, 1.807) is 6.92 Å². The van der Waals surface area contributed by atoms with E-state index in [4.69, 9.17) is 0 Å². The summed E-state index contributed by atoms with van der Waals surface area (Å²) < 4.78 is 0. The lowest BCUT2D eigenvalue weighted by molar-refractivity contribution is -0.120. The van der Waals surface area contributed by atoms with Crippen LogP contribution in [0.15, 0.2) is 0 Å². The highest BCUT2D eigenvalue weighted by Crippen LogP contribution is 2.42. The van der Waals surface area contributed by atoms with Gasteiger partial charge in [0, 0.05) is 5.92 Å². The van der Waals surface area contributed by atoms with Gasteiger partial charge < -0.3 is 0 Å². The van der Waals surface area contributed by atoms with Gasteiger partial charge in [-0.2, -0.15) is 0 Å². The van der Waals surface area contributed by atoms with Crippen molar-refractivity contribution in [2.45, 2.75) is 47.0 Å². The molecule has 1 aliphatic carbocycles. The third-order valence-electron chi connectivity index (χ3n) is 3.23. The standard InChI is InChI=1S/C11H20O/c1-8(12)9-5-6-10(7-9)11(2,3)4/h9-10H,5-7H2,1-4H3/t9-,10+/m0/s1. The Labute approximate surface area is 75.5 Å². The molecule has 1 fully saturated rings. The third-order valence-corrected chi connectivity index (χ3v) is 3.23. The molecule has 12 heavy (non-hydrogen) atoms. The van der Waals surface area contributed by atoms with E-state index < -0.39 is 0 Å². The zero-order valence-electron chi connectivity index (χ0n) is 8.68. The lowest BCUT2D eigenvalue weighted by Crippen LogP contribution is -2.18. The first-order chi connectivity index (χ1) is 5.41. The maximum Gasteiger partial charge on any atom is 0.132 e. The fraction of sp³-hybridized carbons (Fsp3) is 0.909. The third kappa shape index (κ3) is 2.09. The fourth-order valence-electron chi connectivity index (χ4n) is 2.14. The van der Waals surface area contributed by atoms with Gasteiger partial charge in [-0.05, 0) is 37.5 Å². The summed E-state index contributed by atoms with van der Waals surface area (Å²) in [6, 6.07) is 0. The lowest BCUT2D eigenvalue weighted by atomic mass is 9.79. The van der Waals surface area contributed by atoms with Crippen molar-refractivity contribution in [3.05, 3.63) is 0 Å². The van der Waals surface area contributed by atoms with Gasteiger partial charge in [-0.1, -0.05) is 20.8 Å². The van der Waals surface area contributed by atoms with Gasteiger partial charge in [0.25, 0.3) is 0 Å². The number of hydrogen-bond donors (Lipinski definition) is 0. The minimum absolute atomic E-state index is 0.370. The predicted octanol–water partition coefficient (Wildman–Crippen LogP) is 3.04. The van der Waals surface area contributed by atoms with Crippen LogP contribution in [0.25, 0.3) is 0 Å². The predicted molar refractivity (Wildman–Crippen MR) is 51.0 cm³/mol. The van der Waals surface area contributed by atoms with Gasteiger partial charge in [-0.3, -0.25) is 4.79 Å². The van der Waals surface area contributed by atoms with Gasteiger partial charge >= 0.3 is 0 Å². The highest BCUT2D eigenvalue weighted by atomic mass is 16.1. The average Bonchev–Trinajstić information content (AvgIpc) is 2.30. The number of rotatable bonds is 1. The molecule has 1 nitrogen and oxygen atoms in total. The minimum Gasteiger partial charge on any atom is -0.300 e. The molecule has 1 heteroatoms. The van der Waals surface area contributed by atoms with E-state index >= 15 is 0 Å². The van der Waals surface area contributed by atoms with Crippen LogP contribution in [0.1, 0.15) is 47.0 Å². The summed E-state index contributed by atoms with van der Waals surface area (Å²) in [6.07, 6.45) is 3.49. The summed E-state index contributed by atoms with van der Waals surface area (Å²) in [4.78, 5) is 11.1. The second-order valence-electron chi connectivity index (χ2n) is 5.18. The topological polar surface area (TPSA) is 17.1 Å². The Bertz CT molecular complexity index is 176. The SMILES string of the molecule is CC(=O)[C@H]1CC[C@@H](C(C)(C)C)C1. The molecule has 70 valence electrons. The van der Waals surface area contributed by atoms with Crippen LogP contribution in [0.3, 0.4) is 0 Å². The molecule has 0 aromatic heterocycles. The van der Waals surface area contributed by atoms with Gasteiger partial charge in [0.05, 0.1) is 0 Å². The van der Waals surface area contributed by atoms with Crippen LogP contribution in [-0.2, 0) is 4.79 Å². The number of carbonyl (C=O) groups is 1. The molecule has 0 aromatic carbocycles. The first-order valence-corrected chi connectivity index (χ1v) is 4.91. The van der Waals surface area contributed by atoms with Crippen LogP contribution in [-0.4, -0.2) is 5.78 Å². The first-order valence-electron chi connectivity index (χ1n) is 4.91. The molecule has 0 unspecified atom stereocenters.